The Kier molecular flexibility index (Phi) is 4.39. The predicted octanol–water partition coefficient (Wildman–Crippen LogP) is 4.32. The molecule has 1 heterocycles. The highest BCUT2D eigenvalue weighted by Crippen LogP contribution is 2.23. The summed E-state index contributed by atoms with van der Waals surface area (Å²) in [7, 11) is 0. The molecule has 2 aromatic carbocycles. The van der Waals surface area contributed by atoms with Crippen LogP contribution in [0.2, 0.25) is 5.02 Å². The molecule has 0 atom stereocenters. The van der Waals surface area contributed by atoms with Crippen LogP contribution in [0.15, 0.2) is 59.1 Å². The standard InChI is InChI=1S/C17H12ClFN2O2/c18-11-4-3-5-12(8-11)20-17(22)10-13-9-16(23-21-13)14-6-1-2-7-15(14)19/h1-9H,10H2,(H,20,22). The zero-order chi connectivity index (χ0) is 16.2. The van der Waals surface area contributed by atoms with E-state index >= 15 is 0 Å². The zero-order valence-electron chi connectivity index (χ0n) is 11.9. The third kappa shape index (κ3) is 3.76. The molecule has 0 aliphatic rings. The first-order chi connectivity index (χ1) is 11.1. The summed E-state index contributed by atoms with van der Waals surface area (Å²) in [6.45, 7) is 0. The molecule has 1 N–H and O–H groups in total. The lowest BCUT2D eigenvalue weighted by Crippen LogP contribution is -2.14. The number of amides is 1. The second-order valence-electron chi connectivity index (χ2n) is 4.90. The molecule has 0 aliphatic carbocycles. The maximum absolute atomic E-state index is 13.7. The molecule has 3 aromatic rings. The third-order valence-electron chi connectivity index (χ3n) is 3.15. The number of hydrogen-bond acceptors (Lipinski definition) is 3. The fraction of sp³-hybridized carbons (Fsp3) is 0.0588. The molecule has 0 radical (unpaired) electrons. The number of anilines is 1. The van der Waals surface area contributed by atoms with Crippen molar-refractivity contribution in [2.24, 2.45) is 0 Å². The van der Waals surface area contributed by atoms with Crippen molar-refractivity contribution < 1.29 is 13.7 Å². The molecule has 0 fully saturated rings. The van der Waals surface area contributed by atoms with Crippen LogP contribution < -0.4 is 5.32 Å². The van der Waals surface area contributed by atoms with E-state index in [1.807, 2.05) is 0 Å². The van der Waals surface area contributed by atoms with Gasteiger partial charge in [-0.25, -0.2) is 4.39 Å². The van der Waals surface area contributed by atoms with Crippen LogP contribution >= 0.6 is 11.6 Å². The van der Waals surface area contributed by atoms with E-state index in [1.54, 1.807) is 48.5 Å². The number of carbonyl (C=O) groups excluding carboxylic acids is 1. The zero-order valence-corrected chi connectivity index (χ0v) is 12.7. The van der Waals surface area contributed by atoms with Gasteiger partial charge in [-0.3, -0.25) is 4.79 Å². The Morgan fingerprint density at radius 3 is 2.78 bits per heavy atom. The van der Waals surface area contributed by atoms with Gasteiger partial charge in [-0.1, -0.05) is 35.0 Å². The Balaban J connectivity index is 1.69. The Labute approximate surface area is 136 Å². The molecule has 116 valence electrons. The van der Waals surface area contributed by atoms with Gasteiger partial charge in [0.15, 0.2) is 5.76 Å². The minimum Gasteiger partial charge on any atom is -0.356 e. The molecule has 4 nitrogen and oxygen atoms in total. The maximum Gasteiger partial charge on any atom is 0.230 e. The van der Waals surface area contributed by atoms with E-state index in [9.17, 15) is 9.18 Å². The summed E-state index contributed by atoms with van der Waals surface area (Å²) in [6, 6.07) is 14.6. The van der Waals surface area contributed by atoms with Crippen molar-refractivity contribution in [1.29, 1.82) is 0 Å². The first-order valence-electron chi connectivity index (χ1n) is 6.88. The minimum atomic E-state index is -0.404. The highest BCUT2D eigenvalue weighted by atomic mass is 35.5. The lowest BCUT2D eigenvalue weighted by Gasteiger charge is -2.03. The summed E-state index contributed by atoms with van der Waals surface area (Å²) in [5.74, 6) is -0.382. The molecular weight excluding hydrogens is 319 g/mol. The van der Waals surface area contributed by atoms with Gasteiger partial charge in [-0.05, 0) is 30.3 Å². The van der Waals surface area contributed by atoms with Gasteiger partial charge >= 0.3 is 0 Å². The molecule has 0 bridgehead atoms. The Morgan fingerprint density at radius 1 is 1.17 bits per heavy atom. The lowest BCUT2D eigenvalue weighted by molar-refractivity contribution is -0.115. The van der Waals surface area contributed by atoms with Crippen LogP contribution in [0.3, 0.4) is 0 Å². The van der Waals surface area contributed by atoms with Crippen LogP contribution in [-0.4, -0.2) is 11.1 Å². The van der Waals surface area contributed by atoms with Crippen LogP contribution in [0.4, 0.5) is 10.1 Å². The number of hydrogen-bond donors (Lipinski definition) is 1. The molecule has 6 heteroatoms. The third-order valence-corrected chi connectivity index (χ3v) is 3.38. The van der Waals surface area contributed by atoms with Gasteiger partial charge in [0.2, 0.25) is 5.91 Å². The van der Waals surface area contributed by atoms with Gasteiger partial charge in [0.05, 0.1) is 17.7 Å². The number of rotatable bonds is 4. The average Bonchev–Trinajstić information content (AvgIpc) is 2.95. The van der Waals surface area contributed by atoms with E-state index in [0.717, 1.165) is 0 Å². The van der Waals surface area contributed by atoms with E-state index in [1.165, 1.54) is 6.07 Å². The van der Waals surface area contributed by atoms with Crippen molar-refractivity contribution in [3.05, 3.63) is 71.1 Å². The molecule has 0 saturated carbocycles. The van der Waals surface area contributed by atoms with Gasteiger partial charge in [0.1, 0.15) is 5.82 Å². The summed E-state index contributed by atoms with van der Waals surface area (Å²) in [5, 5.41) is 7.05. The smallest absolute Gasteiger partial charge is 0.230 e. The minimum absolute atomic E-state index is 0.0183. The summed E-state index contributed by atoms with van der Waals surface area (Å²) in [6.07, 6.45) is 0.0183. The molecule has 0 unspecified atom stereocenters. The van der Waals surface area contributed by atoms with Crippen LogP contribution in [0.5, 0.6) is 0 Å². The highest BCUT2D eigenvalue weighted by Gasteiger charge is 2.13. The quantitative estimate of drug-likeness (QED) is 0.775. The van der Waals surface area contributed by atoms with Crippen molar-refractivity contribution >= 4 is 23.2 Å². The van der Waals surface area contributed by atoms with Gasteiger partial charge < -0.3 is 9.84 Å². The first-order valence-corrected chi connectivity index (χ1v) is 7.25. The van der Waals surface area contributed by atoms with Crippen molar-refractivity contribution in [2.75, 3.05) is 5.32 Å². The second kappa shape index (κ2) is 6.62. The Bertz CT molecular complexity index is 848. The van der Waals surface area contributed by atoms with Crippen molar-refractivity contribution in [3.63, 3.8) is 0 Å². The maximum atomic E-state index is 13.7. The molecule has 1 aromatic heterocycles. The lowest BCUT2D eigenvalue weighted by atomic mass is 10.1. The number of halogens is 2. The molecule has 0 saturated heterocycles. The number of aromatic nitrogens is 1. The average molecular weight is 331 g/mol. The largest absolute Gasteiger partial charge is 0.356 e. The van der Waals surface area contributed by atoms with E-state index < -0.39 is 5.82 Å². The van der Waals surface area contributed by atoms with Gasteiger partial charge in [-0.2, -0.15) is 0 Å². The van der Waals surface area contributed by atoms with Crippen molar-refractivity contribution in [1.82, 2.24) is 5.16 Å². The molecular formula is C17H12ClFN2O2. The van der Waals surface area contributed by atoms with Crippen LogP contribution in [0, 0.1) is 5.82 Å². The predicted molar refractivity (Wildman–Crippen MR) is 85.7 cm³/mol. The summed E-state index contributed by atoms with van der Waals surface area (Å²) < 4.78 is 18.8. The van der Waals surface area contributed by atoms with E-state index in [-0.39, 0.29) is 18.1 Å². The van der Waals surface area contributed by atoms with Gasteiger partial charge in [0, 0.05) is 16.8 Å². The fourth-order valence-electron chi connectivity index (χ4n) is 2.12. The number of benzene rings is 2. The van der Waals surface area contributed by atoms with Crippen LogP contribution in [-0.2, 0) is 11.2 Å². The summed E-state index contributed by atoms with van der Waals surface area (Å²) >= 11 is 5.86. The van der Waals surface area contributed by atoms with E-state index in [4.69, 9.17) is 16.1 Å². The topological polar surface area (TPSA) is 55.1 Å². The van der Waals surface area contributed by atoms with E-state index in [0.29, 0.717) is 22.0 Å². The Morgan fingerprint density at radius 2 is 2.00 bits per heavy atom. The molecule has 0 aliphatic heterocycles. The van der Waals surface area contributed by atoms with Crippen molar-refractivity contribution in [3.8, 4) is 11.3 Å². The van der Waals surface area contributed by atoms with Gasteiger partial charge in [-0.15, -0.1) is 0 Å². The van der Waals surface area contributed by atoms with Gasteiger partial charge in [0.25, 0.3) is 0 Å². The summed E-state index contributed by atoms with van der Waals surface area (Å²) in [5.41, 5.74) is 1.32. The Hall–Kier alpha value is -2.66. The van der Waals surface area contributed by atoms with Crippen LogP contribution in [0.1, 0.15) is 5.69 Å². The monoisotopic (exact) mass is 330 g/mol. The normalized spacial score (nSPS) is 10.5. The molecule has 0 spiro atoms. The molecule has 3 rings (SSSR count). The van der Waals surface area contributed by atoms with Crippen LogP contribution in [0.25, 0.3) is 11.3 Å². The first kappa shape index (κ1) is 15.2. The van der Waals surface area contributed by atoms with E-state index in [2.05, 4.69) is 10.5 Å². The highest BCUT2D eigenvalue weighted by molar-refractivity contribution is 6.30. The molecule has 1 amide bonds. The summed E-state index contributed by atoms with van der Waals surface area (Å²) in [4.78, 5) is 12.0. The SMILES string of the molecule is O=C(Cc1cc(-c2ccccc2F)on1)Nc1cccc(Cl)c1. The number of nitrogens with zero attached hydrogens (tertiary/aromatic N) is 1. The number of nitrogens with one attached hydrogen (secondary N) is 1. The second-order valence-corrected chi connectivity index (χ2v) is 5.33. The molecule has 23 heavy (non-hydrogen) atoms. The number of carbonyl (C=O) groups is 1. The van der Waals surface area contributed by atoms with Crippen molar-refractivity contribution in [2.45, 2.75) is 6.42 Å². The fourth-order valence-corrected chi connectivity index (χ4v) is 2.31.